The van der Waals surface area contributed by atoms with Crippen LogP contribution in [0.1, 0.15) is 44.7 Å². The van der Waals surface area contributed by atoms with Gasteiger partial charge in [0.15, 0.2) is 0 Å². The summed E-state index contributed by atoms with van der Waals surface area (Å²) in [5, 5.41) is 3.89. The lowest BCUT2D eigenvalue weighted by Crippen LogP contribution is -2.54. The van der Waals surface area contributed by atoms with Gasteiger partial charge in [-0.15, -0.1) is 0 Å². The maximum atomic E-state index is 13.7. The molecule has 8 heteroatoms. The second kappa shape index (κ2) is 14.2. The predicted octanol–water partition coefficient (Wildman–Crippen LogP) is 6.72. The number of halogens is 2. The molecule has 0 fully saturated rings. The third-order valence-electron chi connectivity index (χ3n) is 5.97. The highest BCUT2D eigenvalue weighted by Crippen LogP contribution is 2.25. The maximum absolute atomic E-state index is 13.7. The van der Waals surface area contributed by atoms with Crippen LogP contribution in [0.3, 0.4) is 0 Å². The quantitative estimate of drug-likeness (QED) is 0.245. The van der Waals surface area contributed by atoms with Crippen LogP contribution in [0.15, 0.2) is 72.8 Å². The molecule has 3 aromatic rings. The molecule has 2 amide bonds. The number of hydrogen-bond donors (Lipinski definition) is 1. The molecule has 0 spiro atoms. The maximum Gasteiger partial charge on any atom is 0.243 e. The molecule has 3 rings (SSSR count). The minimum absolute atomic E-state index is 0.149. The Hall–Kier alpha value is -3.22. The summed E-state index contributed by atoms with van der Waals surface area (Å²) in [6.07, 6.45) is 1.07. The molecule has 0 unspecified atom stereocenters. The molecule has 0 heterocycles. The van der Waals surface area contributed by atoms with E-state index in [0.29, 0.717) is 35.2 Å². The Morgan fingerprint density at radius 3 is 2.18 bits per heavy atom. The summed E-state index contributed by atoms with van der Waals surface area (Å²) in [6, 6.07) is 21.5. The number of benzene rings is 3. The van der Waals surface area contributed by atoms with Crippen molar-refractivity contribution in [3.63, 3.8) is 0 Å². The summed E-state index contributed by atoms with van der Waals surface area (Å²) in [5.41, 5.74) is 1.28. The molecule has 3 aromatic carbocycles. The van der Waals surface area contributed by atoms with Crippen molar-refractivity contribution < 1.29 is 19.1 Å². The van der Waals surface area contributed by atoms with E-state index in [1.807, 2.05) is 81.4 Å². The van der Waals surface area contributed by atoms with Gasteiger partial charge in [-0.2, -0.15) is 0 Å². The monoisotopic (exact) mass is 570 g/mol. The Balaban J connectivity index is 1.81. The van der Waals surface area contributed by atoms with E-state index in [-0.39, 0.29) is 24.8 Å². The van der Waals surface area contributed by atoms with Crippen molar-refractivity contribution in [2.24, 2.45) is 0 Å². The molecule has 0 saturated carbocycles. The van der Waals surface area contributed by atoms with Crippen LogP contribution in [0.5, 0.6) is 11.5 Å². The highest BCUT2D eigenvalue weighted by atomic mass is 35.5. The number of nitrogens with zero attached hydrogens (tertiary/aromatic N) is 1. The molecule has 0 aliphatic carbocycles. The third-order valence-corrected chi connectivity index (χ3v) is 6.71. The van der Waals surface area contributed by atoms with Crippen LogP contribution in [0.2, 0.25) is 10.0 Å². The van der Waals surface area contributed by atoms with E-state index >= 15 is 0 Å². The fourth-order valence-corrected chi connectivity index (χ4v) is 4.39. The number of ether oxygens (including phenoxy) is 2. The lowest BCUT2D eigenvalue weighted by Gasteiger charge is -2.34. The zero-order valence-corrected chi connectivity index (χ0v) is 24.4. The van der Waals surface area contributed by atoms with E-state index < -0.39 is 11.6 Å². The molecular formula is C31H36Cl2N2O4. The summed E-state index contributed by atoms with van der Waals surface area (Å²) >= 11 is 12.4. The van der Waals surface area contributed by atoms with Crippen LogP contribution < -0.4 is 14.8 Å². The Morgan fingerprint density at radius 2 is 1.56 bits per heavy atom. The molecule has 0 saturated heterocycles. The van der Waals surface area contributed by atoms with E-state index in [1.165, 1.54) is 0 Å². The first-order valence-corrected chi connectivity index (χ1v) is 13.7. The normalized spacial score (nSPS) is 11.9. The first-order chi connectivity index (χ1) is 18.6. The van der Waals surface area contributed by atoms with Gasteiger partial charge in [0.1, 0.15) is 17.5 Å². The van der Waals surface area contributed by atoms with Crippen molar-refractivity contribution in [2.75, 3.05) is 13.7 Å². The van der Waals surface area contributed by atoms with Gasteiger partial charge in [0.05, 0.1) is 23.8 Å². The van der Waals surface area contributed by atoms with Crippen LogP contribution in [-0.4, -0.2) is 42.0 Å². The van der Waals surface area contributed by atoms with Crippen molar-refractivity contribution in [3.8, 4) is 11.5 Å². The van der Waals surface area contributed by atoms with Crippen LogP contribution in [0, 0.1) is 0 Å². The minimum atomic E-state index is -0.726. The molecular weight excluding hydrogens is 535 g/mol. The second-order valence-electron chi connectivity index (χ2n) is 10.3. The Morgan fingerprint density at radius 1 is 0.897 bits per heavy atom. The van der Waals surface area contributed by atoms with Gasteiger partial charge >= 0.3 is 0 Å². The first-order valence-electron chi connectivity index (χ1n) is 12.9. The van der Waals surface area contributed by atoms with Crippen molar-refractivity contribution in [1.82, 2.24) is 10.2 Å². The third kappa shape index (κ3) is 9.79. The Kier molecular flexibility index (Phi) is 11.1. The summed E-state index contributed by atoms with van der Waals surface area (Å²) < 4.78 is 11.0. The highest BCUT2D eigenvalue weighted by molar-refractivity contribution is 6.42. The van der Waals surface area contributed by atoms with Gasteiger partial charge in [-0.25, -0.2) is 0 Å². The lowest BCUT2D eigenvalue weighted by atomic mass is 10.00. The van der Waals surface area contributed by atoms with Crippen LogP contribution in [0.25, 0.3) is 0 Å². The number of rotatable bonds is 12. The van der Waals surface area contributed by atoms with E-state index in [0.717, 1.165) is 16.9 Å². The second-order valence-corrected chi connectivity index (χ2v) is 11.2. The lowest BCUT2D eigenvalue weighted by molar-refractivity contribution is -0.142. The molecule has 1 atom stereocenters. The van der Waals surface area contributed by atoms with Gasteiger partial charge in [0.2, 0.25) is 11.8 Å². The average Bonchev–Trinajstić information content (AvgIpc) is 2.90. The van der Waals surface area contributed by atoms with Crippen molar-refractivity contribution in [3.05, 3.63) is 94.0 Å². The molecule has 39 heavy (non-hydrogen) atoms. The van der Waals surface area contributed by atoms with E-state index in [1.54, 1.807) is 24.1 Å². The number of carbonyl (C=O) groups is 2. The number of nitrogens with one attached hydrogen (secondary N) is 1. The van der Waals surface area contributed by atoms with E-state index in [2.05, 4.69) is 5.32 Å². The van der Waals surface area contributed by atoms with E-state index in [9.17, 15) is 9.59 Å². The topological polar surface area (TPSA) is 67.9 Å². The van der Waals surface area contributed by atoms with Crippen LogP contribution >= 0.6 is 23.2 Å². The fourth-order valence-electron chi connectivity index (χ4n) is 4.07. The SMILES string of the molecule is COc1ccc(OCCCC(=O)N(Cc2ccc(Cl)c(Cl)c2)[C@H](Cc2ccccc2)C(=O)NC(C)(C)C)cc1. The van der Waals surface area contributed by atoms with E-state index in [4.69, 9.17) is 32.7 Å². The molecule has 0 aliphatic heterocycles. The number of hydrogen-bond acceptors (Lipinski definition) is 4. The van der Waals surface area contributed by atoms with Gasteiger partial charge in [-0.05, 0) is 74.7 Å². The highest BCUT2D eigenvalue weighted by Gasteiger charge is 2.32. The fraction of sp³-hybridized carbons (Fsp3) is 0.355. The Bertz CT molecular complexity index is 1230. The predicted molar refractivity (Wildman–Crippen MR) is 157 cm³/mol. The minimum Gasteiger partial charge on any atom is -0.497 e. The van der Waals surface area contributed by atoms with Crippen molar-refractivity contribution in [2.45, 2.75) is 58.2 Å². The summed E-state index contributed by atoms with van der Waals surface area (Å²) in [4.78, 5) is 29.0. The Labute approximate surface area is 241 Å². The molecule has 0 radical (unpaired) electrons. The van der Waals surface area contributed by atoms with Gasteiger partial charge in [0, 0.05) is 24.9 Å². The number of methoxy groups -OCH3 is 1. The largest absolute Gasteiger partial charge is 0.497 e. The van der Waals surface area contributed by atoms with Crippen molar-refractivity contribution >= 4 is 35.0 Å². The van der Waals surface area contributed by atoms with Gasteiger partial charge in [-0.1, -0.05) is 59.6 Å². The molecule has 6 nitrogen and oxygen atoms in total. The first kappa shape index (κ1) is 30.3. The van der Waals surface area contributed by atoms with Gasteiger partial charge in [0.25, 0.3) is 0 Å². The smallest absolute Gasteiger partial charge is 0.243 e. The number of carbonyl (C=O) groups excluding carboxylic acids is 2. The standard InChI is InChI=1S/C31H36Cl2N2O4/c1-31(2,3)34-30(37)28(20-22-9-6-5-7-10-22)35(21-23-12-17-26(32)27(33)19-23)29(36)11-8-18-39-25-15-13-24(38-4)14-16-25/h5-7,9-10,12-17,19,28H,8,11,18,20-21H2,1-4H3,(H,34,37)/t28-/m1/s1. The zero-order valence-electron chi connectivity index (χ0n) is 22.9. The molecule has 1 N–H and O–H groups in total. The zero-order chi connectivity index (χ0) is 28.4. The molecule has 0 aliphatic rings. The van der Waals surface area contributed by atoms with Gasteiger partial charge < -0.3 is 19.7 Å². The molecule has 0 aromatic heterocycles. The molecule has 0 bridgehead atoms. The molecule has 208 valence electrons. The summed E-state index contributed by atoms with van der Waals surface area (Å²) in [6.45, 7) is 6.34. The average molecular weight is 572 g/mol. The summed E-state index contributed by atoms with van der Waals surface area (Å²) in [5.74, 6) is 1.08. The van der Waals surface area contributed by atoms with Crippen LogP contribution in [0.4, 0.5) is 0 Å². The van der Waals surface area contributed by atoms with Crippen molar-refractivity contribution in [1.29, 1.82) is 0 Å². The van der Waals surface area contributed by atoms with Gasteiger partial charge in [-0.3, -0.25) is 9.59 Å². The summed E-state index contributed by atoms with van der Waals surface area (Å²) in [7, 11) is 1.61. The van der Waals surface area contributed by atoms with Crippen LogP contribution in [-0.2, 0) is 22.6 Å². The number of amides is 2.